The molecule has 0 saturated heterocycles. The first-order chi connectivity index (χ1) is 8.26. The molecule has 104 valence electrons. The van der Waals surface area contributed by atoms with E-state index in [4.69, 9.17) is 5.11 Å². The number of carbonyl (C=O) groups is 3. The highest BCUT2D eigenvalue weighted by molar-refractivity contribution is 5.81. The number of amides is 1. The molecule has 1 unspecified atom stereocenters. The van der Waals surface area contributed by atoms with Crippen molar-refractivity contribution in [3.05, 3.63) is 0 Å². The lowest BCUT2D eigenvalue weighted by molar-refractivity contribution is -0.144. The highest BCUT2D eigenvalue weighted by Crippen LogP contribution is 2.07. The fourth-order valence-corrected chi connectivity index (χ4v) is 1.21. The van der Waals surface area contributed by atoms with Crippen molar-refractivity contribution in [2.24, 2.45) is 0 Å². The number of carboxylic acid groups (broad SMARTS) is 1. The van der Waals surface area contributed by atoms with Gasteiger partial charge in [0.2, 0.25) is 5.91 Å². The molecule has 0 aromatic heterocycles. The van der Waals surface area contributed by atoms with Gasteiger partial charge in [0.15, 0.2) is 0 Å². The lowest BCUT2D eigenvalue weighted by atomic mass is 10.0. The maximum atomic E-state index is 11.3. The Hall–Kier alpha value is -1.63. The number of hydrogen-bond donors (Lipinski definition) is 3. The summed E-state index contributed by atoms with van der Waals surface area (Å²) < 4.78 is 4.64. The summed E-state index contributed by atoms with van der Waals surface area (Å²) in [7, 11) is 0. The van der Waals surface area contributed by atoms with E-state index in [1.807, 2.05) is 0 Å². The van der Waals surface area contributed by atoms with Gasteiger partial charge in [-0.2, -0.15) is 0 Å². The monoisotopic (exact) mass is 261 g/mol. The van der Waals surface area contributed by atoms with E-state index in [1.54, 1.807) is 6.92 Å². The molecule has 3 N–H and O–H groups in total. The van der Waals surface area contributed by atoms with Crippen molar-refractivity contribution in [3.63, 3.8) is 0 Å². The molecule has 0 saturated carbocycles. The van der Waals surface area contributed by atoms with Gasteiger partial charge in [0.05, 0.1) is 25.0 Å². The summed E-state index contributed by atoms with van der Waals surface area (Å²) in [6.45, 7) is 3.06. The molecule has 0 aliphatic heterocycles. The van der Waals surface area contributed by atoms with Crippen LogP contribution in [0.1, 0.15) is 33.1 Å². The molecule has 0 bridgehead atoms. The minimum Gasteiger partial charge on any atom is -0.481 e. The molecule has 0 aromatic carbocycles. The second-order valence-electron chi connectivity index (χ2n) is 4.15. The molecule has 0 fully saturated rings. The highest BCUT2D eigenvalue weighted by Gasteiger charge is 2.24. The van der Waals surface area contributed by atoms with Crippen molar-refractivity contribution in [1.82, 2.24) is 5.32 Å². The zero-order valence-electron chi connectivity index (χ0n) is 10.6. The van der Waals surface area contributed by atoms with Gasteiger partial charge in [0, 0.05) is 13.0 Å². The van der Waals surface area contributed by atoms with Crippen molar-refractivity contribution in [3.8, 4) is 0 Å². The van der Waals surface area contributed by atoms with Crippen LogP contribution >= 0.6 is 0 Å². The Morgan fingerprint density at radius 3 is 2.39 bits per heavy atom. The van der Waals surface area contributed by atoms with Gasteiger partial charge in [-0.3, -0.25) is 14.4 Å². The van der Waals surface area contributed by atoms with E-state index in [1.165, 1.54) is 6.92 Å². The van der Waals surface area contributed by atoms with Gasteiger partial charge in [0.1, 0.15) is 0 Å². The van der Waals surface area contributed by atoms with Gasteiger partial charge in [-0.05, 0) is 13.8 Å². The number of ether oxygens (including phenoxy) is 1. The number of aliphatic carboxylic acids is 1. The van der Waals surface area contributed by atoms with Crippen LogP contribution in [0.3, 0.4) is 0 Å². The Morgan fingerprint density at radius 1 is 1.28 bits per heavy atom. The van der Waals surface area contributed by atoms with E-state index in [2.05, 4.69) is 10.1 Å². The average Bonchev–Trinajstić information content (AvgIpc) is 2.22. The third-order valence-electron chi connectivity index (χ3n) is 2.06. The van der Waals surface area contributed by atoms with E-state index in [-0.39, 0.29) is 26.0 Å². The van der Waals surface area contributed by atoms with E-state index in [9.17, 15) is 19.5 Å². The van der Waals surface area contributed by atoms with Crippen LogP contribution in [0.5, 0.6) is 0 Å². The predicted octanol–water partition coefficient (Wildman–Crippen LogP) is -0.328. The summed E-state index contributed by atoms with van der Waals surface area (Å²) in [5.41, 5.74) is -1.51. The summed E-state index contributed by atoms with van der Waals surface area (Å²) in [4.78, 5) is 32.7. The van der Waals surface area contributed by atoms with Gasteiger partial charge >= 0.3 is 11.9 Å². The van der Waals surface area contributed by atoms with Crippen LogP contribution < -0.4 is 5.32 Å². The third kappa shape index (κ3) is 8.51. The number of esters is 1. The first-order valence-corrected chi connectivity index (χ1v) is 5.63. The van der Waals surface area contributed by atoms with Gasteiger partial charge in [0.25, 0.3) is 0 Å². The predicted molar refractivity (Wildman–Crippen MR) is 61.8 cm³/mol. The highest BCUT2D eigenvalue weighted by atomic mass is 16.5. The lowest BCUT2D eigenvalue weighted by Crippen LogP contribution is -2.42. The summed E-state index contributed by atoms with van der Waals surface area (Å²) in [6, 6.07) is 0. The van der Waals surface area contributed by atoms with Crippen molar-refractivity contribution in [2.45, 2.75) is 38.7 Å². The molecular weight excluding hydrogens is 242 g/mol. The van der Waals surface area contributed by atoms with E-state index >= 15 is 0 Å². The zero-order valence-corrected chi connectivity index (χ0v) is 10.6. The lowest BCUT2D eigenvalue weighted by Gasteiger charge is -2.21. The van der Waals surface area contributed by atoms with Crippen molar-refractivity contribution >= 4 is 17.8 Å². The Balaban J connectivity index is 3.89. The average molecular weight is 261 g/mol. The molecule has 0 radical (unpaired) electrons. The van der Waals surface area contributed by atoms with Crippen LogP contribution in [0.2, 0.25) is 0 Å². The fourth-order valence-electron chi connectivity index (χ4n) is 1.21. The second-order valence-corrected chi connectivity index (χ2v) is 4.15. The zero-order chi connectivity index (χ0) is 14.2. The molecule has 18 heavy (non-hydrogen) atoms. The smallest absolute Gasteiger partial charge is 0.306 e. The second kappa shape index (κ2) is 7.65. The number of hydrogen-bond acceptors (Lipinski definition) is 5. The third-order valence-corrected chi connectivity index (χ3v) is 2.06. The van der Waals surface area contributed by atoms with Crippen LogP contribution in [-0.2, 0) is 19.1 Å². The van der Waals surface area contributed by atoms with Gasteiger partial charge in [-0.25, -0.2) is 0 Å². The Bertz CT molecular complexity index is 313. The largest absolute Gasteiger partial charge is 0.481 e. The first kappa shape index (κ1) is 16.4. The van der Waals surface area contributed by atoms with Crippen LogP contribution in [-0.4, -0.2) is 46.8 Å². The molecule has 0 rings (SSSR count). The first-order valence-electron chi connectivity index (χ1n) is 5.63. The molecular formula is C11H19NO6. The summed E-state index contributed by atoms with van der Waals surface area (Å²) in [5, 5.41) is 20.5. The fraction of sp³-hybridized carbons (Fsp3) is 0.727. The van der Waals surface area contributed by atoms with Gasteiger partial charge < -0.3 is 20.3 Å². The van der Waals surface area contributed by atoms with Crippen LogP contribution in [0, 0.1) is 0 Å². The van der Waals surface area contributed by atoms with Crippen molar-refractivity contribution in [1.29, 1.82) is 0 Å². The van der Waals surface area contributed by atoms with Crippen LogP contribution in [0.4, 0.5) is 0 Å². The number of carbonyl (C=O) groups excluding carboxylic acids is 2. The quantitative estimate of drug-likeness (QED) is 0.516. The van der Waals surface area contributed by atoms with E-state index in [0.29, 0.717) is 0 Å². The molecule has 1 amide bonds. The maximum Gasteiger partial charge on any atom is 0.306 e. The Labute approximate surface area is 105 Å². The molecule has 0 aromatic rings. The van der Waals surface area contributed by atoms with E-state index < -0.39 is 29.9 Å². The standard InChI is InChI=1S/C11H19NO6/c1-3-18-10(16)5-4-8(13)12-7-11(2,17)6-9(14)15/h17H,3-7H2,1-2H3,(H,12,13)(H,14,15). The number of rotatable bonds is 8. The minimum absolute atomic E-state index is 0.0409. The topological polar surface area (TPSA) is 113 Å². The SMILES string of the molecule is CCOC(=O)CCC(=O)NCC(C)(O)CC(=O)O. The van der Waals surface area contributed by atoms with Crippen LogP contribution in [0.15, 0.2) is 0 Å². The van der Waals surface area contributed by atoms with Crippen molar-refractivity contribution in [2.75, 3.05) is 13.2 Å². The Kier molecular flexibility index (Phi) is 6.96. The van der Waals surface area contributed by atoms with Crippen LogP contribution in [0.25, 0.3) is 0 Å². The minimum atomic E-state index is -1.51. The molecule has 1 atom stereocenters. The summed E-state index contributed by atoms with van der Waals surface area (Å²) >= 11 is 0. The Morgan fingerprint density at radius 2 is 1.89 bits per heavy atom. The van der Waals surface area contributed by atoms with Crippen molar-refractivity contribution < 1.29 is 29.3 Å². The number of nitrogens with one attached hydrogen (secondary N) is 1. The molecule has 0 aliphatic carbocycles. The van der Waals surface area contributed by atoms with Gasteiger partial charge in [-0.15, -0.1) is 0 Å². The molecule has 0 spiro atoms. The number of carboxylic acids is 1. The molecule has 7 heteroatoms. The molecule has 0 aliphatic rings. The molecule has 0 heterocycles. The summed E-state index contributed by atoms with van der Waals surface area (Å²) in [5.74, 6) is -2.06. The maximum absolute atomic E-state index is 11.3. The molecule has 7 nitrogen and oxygen atoms in total. The summed E-state index contributed by atoms with van der Waals surface area (Å²) in [6.07, 6.45) is -0.562. The number of aliphatic hydroxyl groups is 1. The van der Waals surface area contributed by atoms with Gasteiger partial charge in [-0.1, -0.05) is 0 Å². The van der Waals surface area contributed by atoms with E-state index in [0.717, 1.165) is 0 Å². The normalized spacial score (nSPS) is 13.5.